The Bertz CT molecular complexity index is 1440. The third kappa shape index (κ3) is 3.64. The Labute approximate surface area is 194 Å². The van der Waals surface area contributed by atoms with Gasteiger partial charge in [0.15, 0.2) is 0 Å². The summed E-state index contributed by atoms with van der Waals surface area (Å²) in [5.41, 5.74) is 9.41. The summed E-state index contributed by atoms with van der Waals surface area (Å²) in [7, 11) is 0. The molecule has 0 saturated carbocycles. The van der Waals surface area contributed by atoms with Crippen molar-refractivity contribution in [3.8, 4) is 11.1 Å². The predicted molar refractivity (Wildman–Crippen MR) is 138 cm³/mol. The Morgan fingerprint density at radius 3 is 2.12 bits per heavy atom. The van der Waals surface area contributed by atoms with Crippen LogP contribution >= 0.6 is 0 Å². The van der Waals surface area contributed by atoms with Crippen molar-refractivity contribution < 1.29 is 4.42 Å². The lowest BCUT2D eigenvalue weighted by molar-refractivity contribution is 0.595. The van der Waals surface area contributed by atoms with E-state index in [9.17, 15) is 0 Å². The van der Waals surface area contributed by atoms with Gasteiger partial charge in [0.1, 0.15) is 11.3 Å². The molecular formula is C31H25NO. The van der Waals surface area contributed by atoms with Crippen LogP contribution in [0.3, 0.4) is 0 Å². The minimum atomic E-state index is 0.957. The van der Waals surface area contributed by atoms with E-state index in [0.29, 0.717) is 0 Å². The fourth-order valence-electron chi connectivity index (χ4n) is 4.68. The fraction of sp³-hybridized carbons (Fsp3) is 0.0968. The number of rotatable bonds is 4. The molecule has 1 aromatic heterocycles. The van der Waals surface area contributed by atoms with Crippen LogP contribution in [0.4, 0.5) is 17.1 Å². The van der Waals surface area contributed by atoms with Crippen molar-refractivity contribution in [2.24, 2.45) is 0 Å². The van der Waals surface area contributed by atoms with Gasteiger partial charge < -0.3 is 9.32 Å². The van der Waals surface area contributed by atoms with Gasteiger partial charge in [0, 0.05) is 28.0 Å². The van der Waals surface area contributed by atoms with E-state index in [1.165, 1.54) is 27.6 Å². The highest BCUT2D eigenvalue weighted by Crippen LogP contribution is 2.39. The van der Waals surface area contributed by atoms with E-state index < -0.39 is 0 Å². The van der Waals surface area contributed by atoms with E-state index in [1.807, 2.05) is 0 Å². The predicted octanol–water partition coefficient (Wildman–Crippen LogP) is 8.84. The largest absolute Gasteiger partial charge is 0.456 e. The Morgan fingerprint density at radius 1 is 0.697 bits per heavy atom. The van der Waals surface area contributed by atoms with Gasteiger partial charge in [-0.15, -0.1) is 0 Å². The van der Waals surface area contributed by atoms with Crippen molar-refractivity contribution >= 4 is 34.1 Å². The maximum Gasteiger partial charge on any atom is 0.135 e. The highest BCUT2D eigenvalue weighted by atomic mass is 16.3. The number of allylic oxidation sites excluding steroid dienone is 1. The van der Waals surface area contributed by atoms with Crippen LogP contribution in [0.25, 0.3) is 28.2 Å². The van der Waals surface area contributed by atoms with E-state index in [0.717, 1.165) is 41.2 Å². The summed E-state index contributed by atoms with van der Waals surface area (Å²) in [5.74, 6) is 1.00. The summed E-state index contributed by atoms with van der Waals surface area (Å²) < 4.78 is 6.10. The second kappa shape index (κ2) is 8.14. The number of aryl methyl sites for hydroxylation is 2. The molecule has 0 bridgehead atoms. The molecule has 0 fully saturated rings. The highest BCUT2D eigenvalue weighted by molar-refractivity contribution is 5.91. The second-order valence-corrected chi connectivity index (χ2v) is 8.65. The molecule has 2 nitrogen and oxygen atoms in total. The maximum atomic E-state index is 6.10. The molecule has 1 aliphatic carbocycles. The Kier molecular flexibility index (Phi) is 4.84. The standard InChI is InChI=1S/C31H25NO/c1-22-11-13-23(14-12-22)24-15-17-26(18-16-24)32(25-7-3-2-4-8-25)27-19-20-31-29(21-27)28-9-5-6-10-30(28)33-31/h2-4,6-8,10-21H,5,9H2,1H3. The molecule has 6 rings (SSSR count). The molecule has 0 amide bonds. The van der Waals surface area contributed by atoms with Crippen molar-refractivity contribution in [3.05, 3.63) is 120 Å². The SMILES string of the molecule is Cc1ccc(-c2ccc(N(c3ccccc3)c3ccc4oc5c(c4c3)CCC=C5)cc2)cc1. The van der Waals surface area contributed by atoms with Crippen molar-refractivity contribution in [1.29, 1.82) is 0 Å². The summed E-state index contributed by atoms with van der Waals surface area (Å²) in [4.78, 5) is 2.32. The molecule has 1 aliphatic rings. The smallest absolute Gasteiger partial charge is 0.135 e. The van der Waals surface area contributed by atoms with Crippen molar-refractivity contribution in [2.75, 3.05) is 4.90 Å². The Morgan fingerprint density at radius 2 is 1.36 bits per heavy atom. The zero-order valence-corrected chi connectivity index (χ0v) is 18.7. The number of furan rings is 1. The van der Waals surface area contributed by atoms with Gasteiger partial charge in [0.2, 0.25) is 0 Å². The van der Waals surface area contributed by atoms with Crippen LogP contribution in [0.2, 0.25) is 0 Å². The molecule has 0 atom stereocenters. The topological polar surface area (TPSA) is 16.4 Å². The third-order valence-electron chi connectivity index (χ3n) is 6.42. The first-order chi connectivity index (χ1) is 16.3. The third-order valence-corrected chi connectivity index (χ3v) is 6.42. The van der Waals surface area contributed by atoms with E-state index >= 15 is 0 Å². The van der Waals surface area contributed by atoms with Gasteiger partial charge in [-0.25, -0.2) is 0 Å². The molecule has 1 heterocycles. The molecule has 0 unspecified atom stereocenters. The van der Waals surface area contributed by atoms with E-state index in [2.05, 4.69) is 121 Å². The first kappa shape index (κ1) is 19.6. The molecular weight excluding hydrogens is 402 g/mol. The van der Waals surface area contributed by atoms with Gasteiger partial charge in [-0.05, 0) is 79.4 Å². The lowest BCUT2D eigenvalue weighted by Crippen LogP contribution is -2.09. The minimum Gasteiger partial charge on any atom is -0.456 e. The molecule has 33 heavy (non-hydrogen) atoms. The summed E-state index contributed by atoms with van der Waals surface area (Å²) in [6.45, 7) is 2.12. The Balaban J connectivity index is 1.45. The van der Waals surface area contributed by atoms with E-state index in [-0.39, 0.29) is 0 Å². The average molecular weight is 428 g/mol. The molecule has 4 aromatic carbocycles. The van der Waals surface area contributed by atoms with Crippen LogP contribution < -0.4 is 4.90 Å². The lowest BCUT2D eigenvalue weighted by Gasteiger charge is -2.25. The first-order valence-electron chi connectivity index (χ1n) is 11.5. The van der Waals surface area contributed by atoms with Crippen molar-refractivity contribution in [1.82, 2.24) is 0 Å². The quantitative estimate of drug-likeness (QED) is 0.285. The van der Waals surface area contributed by atoms with Crippen LogP contribution in [-0.2, 0) is 6.42 Å². The number of para-hydroxylation sites is 1. The summed E-state index contributed by atoms with van der Waals surface area (Å²) in [5, 5.41) is 1.21. The van der Waals surface area contributed by atoms with Crippen LogP contribution in [0.15, 0.2) is 108 Å². The van der Waals surface area contributed by atoms with Crippen LogP contribution in [0.5, 0.6) is 0 Å². The van der Waals surface area contributed by atoms with Crippen molar-refractivity contribution in [2.45, 2.75) is 19.8 Å². The van der Waals surface area contributed by atoms with E-state index in [4.69, 9.17) is 4.42 Å². The number of benzene rings is 4. The number of nitrogens with zero attached hydrogens (tertiary/aromatic N) is 1. The van der Waals surface area contributed by atoms with Gasteiger partial charge in [-0.1, -0.05) is 66.2 Å². The molecule has 5 aromatic rings. The summed E-state index contributed by atoms with van der Waals surface area (Å²) in [6.07, 6.45) is 6.39. The number of anilines is 3. The normalized spacial score (nSPS) is 12.6. The fourth-order valence-corrected chi connectivity index (χ4v) is 4.68. The minimum absolute atomic E-state index is 0.957. The van der Waals surface area contributed by atoms with Gasteiger partial charge in [0.05, 0.1) is 0 Å². The van der Waals surface area contributed by atoms with Crippen LogP contribution in [-0.4, -0.2) is 0 Å². The summed E-state index contributed by atoms with van der Waals surface area (Å²) in [6, 6.07) is 34.6. The highest BCUT2D eigenvalue weighted by Gasteiger charge is 2.18. The number of hydrogen-bond donors (Lipinski definition) is 0. The van der Waals surface area contributed by atoms with Gasteiger partial charge in [0.25, 0.3) is 0 Å². The van der Waals surface area contributed by atoms with Gasteiger partial charge >= 0.3 is 0 Å². The van der Waals surface area contributed by atoms with Gasteiger partial charge in [-0.3, -0.25) is 0 Å². The maximum absolute atomic E-state index is 6.10. The monoisotopic (exact) mass is 427 g/mol. The molecule has 0 spiro atoms. The van der Waals surface area contributed by atoms with Crippen LogP contribution in [0, 0.1) is 6.92 Å². The number of fused-ring (bicyclic) bond motifs is 3. The van der Waals surface area contributed by atoms with E-state index in [1.54, 1.807) is 0 Å². The molecule has 0 aliphatic heterocycles. The van der Waals surface area contributed by atoms with Crippen LogP contribution in [0.1, 0.15) is 23.3 Å². The zero-order chi connectivity index (χ0) is 22.2. The lowest BCUT2D eigenvalue weighted by atomic mass is 10.0. The second-order valence-electron chi connectivity index (χ2n) is 8.65. The average Bonchev–Trinajstić information content (AvgIpc) is 3.24. The zero-order valence-electron chi connectivity index (χ0n) is 18.7. The Hall–Kier alpha value is -4.04. The summed E-state index contributed by atoms with van der Waals surface area (Å²) >= 11 is 0. The molecule has 0 saturated heterocycles. The first-order valence-corrected chi connectivity index (χ1v) is 11.5. The molecule has 0 N–H and O–H groups in total. The molecule has 2 heteroatoms. The van der Waals surface area contributed by atoms with Crippen molar-refractivity contribution in [3.63, 3.8) is 0 Å². The molecule has 160 valence electrons. The molecule has 0 radical (unpaired) electrons. The number of hydrogen-bond acceptors (Lipinski definition) is 2. The van der Waals surface area contributed by atoms with Gasteiger partial charge in [-0.2, -0.15) is 0 Å².